The number of unbranched alkanes of at least 4 members (excludes halogenated alkanes) is 1. The van der Waals surface area contributed by atoms with Gasteiger partial charge in [-0.1, -0.05) is 33.1 Å². The molecular weight excluding hydrogens is 393 g/mol. The Kier molecular flexibility index (Phi) is 11.1. The van der Waals surface area contributed by atoms with Gasteiger partial charge in [0.2, 0.25) is 0 Å². The van der Waals surface area contributed by atoms with Crippen molar-refractivity contribution in [3.05, 3.63) is 21.4 Å². The molecule has 2 N–H and O–H groups in total. The van der Waals surface area contributed by atoms with Gasteiger partial charge in [0, 0.05) is 38.1 Å². The summed E-state index contributed by atoms with van der Waals surface area (Å²) in [6.07, 6.45) is 1.53. The fourth-order valence-electron chi connectivity index (χ4n) is 1.92. The maximum absolute atomic E-state index is 11.8. The van der Waals surface area contributed by atoms with Crippen LogP contribution >= 0.6 is 11.3 Å². The summed E-state index contributed by atoms with van der Waals surface area (Å²) < 4.78 is 0. The third kappa shape index (κ3) is 7.83. The fraction of sp³-hybridized carbons (Fsp3) is 0.667. The van der Waals surface area contributed by atoms with Crippen LogP contribution in [-0.2, 0) is 37.5 Å². The Bertz CT molecular complexity index is 507. The first-order valence-corrected chi connectivity index (χ1v) is 8.33. The average Bonchev–Trinajstić information content (AvgIpc) is 2.94. The SMILES string of the molecule is CCCCC(=O)[N-]C(CC(O)c1nc(C(=O)O)cs1)C(C)C.[Y]. The summed E-state index contributed by atoms with van der Waals surface area (Å²) in [6, 6.07) is -0.295. The Labute approximate surface area is 166 Å². The second-order valence-corrected chi connectivity index (χ2v) is 6.46. The number of hydrogen-bond acceptors (Lipinski definition) is 5. The van der Waals surface area contributed by atoms with Crippen LogP contribution in [0.15, 0.2) is 5.38 Å². The van der Waals surface area contributed by atoms with E-state index in [2.05, 4.69) is 10.3 Å². The molecule has 0 aromatic carbocycles. The van der Waals surface area contributed by atoms with Crippen LogP contribution in [0.5, 0.6) is 0 Å². The summed E-state index contributed by atoms with van der Waals surface area (Å²) in [6.45, 7) is 5.90. The zero-order valence-corrected chi connectivity index (χ0v) is 17.4. The summed E-state index contributed by atoms with van der Waals surface area (Å²) in [4.78, 5) is 26.5. The van der Waals surface area contributed by atoms with Crippen molar-refractivity contribution in [2.24, 2.45) is 5.92 Å². The maximum Gasteiger partial charge on any atom is 0.355 e. The molecule has 8 heteroatoms. The molecule has 0 aliphatic rings. The van der Waals surface area contributed by atoms with E-state index in [4.69, 9.17) is 5.11 Å². The van der Waals surface area contributed by atoms with Crippen LogP contribution in [-0.4, -0.2) is 33.1 Å². The number of carbonyl (C=O) groups is 2. The van der Waals surface area contributed by atoms with Crippen LogP contribution in [0.2, 0.25) is 0 Å². The molecule has 1 aromatic rings. The minimum atomic E-state index is -1.12. The van der Waals surface area contributed by atoms with Crippen LogP contribution in [0.1, 0.15) is 68.1 Å². The molecule has 0 aliphatic heterocycles. The Morgan fingerprint density at radius 1 is 1.39 bits per heavy atom. The zero-order valence-electron chi connectivity index (χ0n) is 13.7. The van der Waals surface area contributed by atoms with Gasteiger partial charge in [0.05, 0.1) is 5.91 Å². The Morgan fingerprint density at radius 2 is 2.04 bits per heavy atom. The number of amides is 1. The van der Waals surface area contributed by atoms with Gasteiger partial charge in [-0.3, -0.25) is 0 Å². The Balaban J connectivity index is 0.00000484. The molecule has 0 bridgehead atoms. The van der Waals surface area contributed by atoms with E-state index >= 15 is 0 Å². The molecule has 1 heterocycles. The molecule has 2 atom stereocenters. The van der Waals surface area contributed by atoms with Crippen LogP contribution < -0.4 is 0 Å². The van der Waals surface area contributed by atoms with Crippen molar-refractivity contribution in [3.63, 3.8) is 0 Å². The first-order valence-electron chi connectivity index (χ1n) is 7.45. The molecule has 1 amide bonds. The summed E-state index contributed by atoms with van der Waals surface area (Å²) >= 11 is 1.10. The molecule has 23 heavy (non-hydrogen) atoms. The van der Waals surface area contributed by atoms with Gasteiger partial charge in [-0.05, 0) is 19.3 Å². The van der Waals surface area contributed by atoms with Crippen LogP contribution in [0, 0.1) is 5.92 Å². The van der Waals surface area contributed by atoms with Gasteiger partial charge in [-0.2, -0.15) is 0 Å². The Morgan fingerprint density at radius 3 is 2.52 bits per heavy atom. The standard InChI is InChI=1S/C15H24N2O4S.Y/c1-4-5-6-13(19)16-10(9(2)3)7-12(18)14-17-11(8-22-14)15(20)21;/h8-10,12,18H,4-7H2,1-3H3,(H2,16,19,20,21);/p-1. The van der Waals surface area contributed by atoms with Gasteiger partial charge < -0.3 is 20.3 Å². The number of aromatic carboxylic acids is 1. The van der Waals surface area contributed by atoms with Gasteiger partial charge in [-0.15, -0.1) is 17.4 Å². The summed E-state index contributed by atoms with van der Waals surface area (Å²) in [5.74, 6) is -1.15. The van der Waals surface area contributed by atoms with Gasteiger partial charge >= 0.3 is 5.97 Å². The van der Waals surface area contributed by atoms with Crippen molar-refractivity contribution in [2.45, 2.75) is 58.6 Å². The number of hydrogen-bond donors (Lipinski definition) is 2. The fourth-order valence-corrected chi connectivity index (χ4v) is 2.71. The average molecular weight is 416 g/mol. The molecule has 0 spiro atoms. The van der Waals surface area contributed by atoms with E-state index in [-0.39, 0.29) is 62.7 Å². The summed E-state index contributed by atoms with van der Waals surface area (Å²) in [5.41, 5.74) is -0.0730. The summed E-state index contributed by atoms with van der Waals surface area (Å²) in [7, 11) is 0. The molecule has 6 nitrogen and oxygen atoms in total. The predicted molar refractivity (Wildman–Crippen MR) is 85.2 cm³/mol. The molecule has 0 saturated heterocycles. The predicted octanol–water partition coefficient (Wildman–Crippen LogP) is 3.38. The quantitative estimate of drug-likeness (QED) is 0.643. The van der Waals surface area contributed by atoms with Crippen LogP contribution in [0.4, 0.5) is 0 Å². The molecule has 0 fully saturated rings. The number of aliphatic hydroxyl groups is 1. The van der Waals surface area contributed by atoms with E-state index in [1.54, 1.807) is 0 Å². The number of rotatable bonds is 9. The molecule has 1 radical (unpaired) electrons. The summed E-state index contributed by atoms with van der Waals surface area (Å²) in [5, 5.41) is 25.0. The first kappa shape index (κ1) is 22.6. The van der Waals surface area contributed by atoms with E-state index in [9.17, 15) is 14.7 Å². The zero-order chi connectivity index (χ0) is 16.7. The van der Waals surface area contributed by atoms with Gasteiger partial charge in [0.1, 0.15) is 11.1 Å². The molecule has 127 valence electrons. The van der Waals surface area contributed by atoms with E-state index in [1.165, 1.54) is 5.38 Å². The Hall–Kier alpha value is -0.366. The second-order valence-electron chi connectivity index (χ2n) is 5.57. The third-order valence-corrected chi connectivity index (χ3v) is 4.26. The van der Waals surface area contributed by atoms with E-state index < -0.39 is 12.1 Å². The molecule has 1 rings (SSSR count). The molecule has 2 unspecified atom stereocenters. The van der Waals surface area contributed by atoms with Crippen LogP contribution in [0.3, 0.4) is 0 Å². The number of carboxylic acid groups (broad SMARTS) is 1. The number of carbonyl (C=O) groups excluding carboxylic acids is 1. The third-order valence-electron chi connectivity index (χ3n) is 3.31. The van der Waals surface area contributed by atoms with Crippen molar-refractivity contribution in [3.8, 4) is 0 Å². The molecule has 0 saturated carbocycles. The van der Waals surface area contributed by atoms with E-state index in [0.29, 0.717) is 11.4 Å². The van der Waals surface area contributed by atoms with Gasteiger partial charge in [0.25, 0.3) is 0 Å². The van der Waals surface area contributed by atoms with Crippen molar-refractivity contribution in [2.75, 3.05) is 0 Å². The van der Waals surface area contributed by atoms with Crippen molar-refractivity contribution < 1.29 is 52.5 Å². The maximum atomic E-state index is 11.8. The number of aromatic nitrogens is 1. The number of aliphatic hydroxyl groups excluding tert-OH is 1. The van der Waals surface area contributed by atoms with Crippen molar-refractivity contribution in [1.82, 2.24) is 4.98 Å². The smallest absolute Gasteiger partial charge is 0.355 e. The second kappa shape index (κ2) is 11.2. The molecular formula is C15H23N2O4SY-. The minimum absolute atomic E-state index is 0. The number of thiazole rings is 1. The topological polar surface area (TPSA) is 102 Å². The van der Waals surface area contributed by atoms with Crippen molar-refractivity contribution >= 4 is 23.2 Å². The molecule has 1 aromatic heterocycles. The van der Waals surface area contributed by atoms with E-state index in [1.807, 2.05) is 20.8 Å². The normalized spacial score (nSPS) is 13.3. The van der Waals surface area contributed by atoms with E-state index in [0.717, 1.165) is 24.2 Å². The monoisotopic (exact) mass is 416 g/mol. The van der Waals surface area contributed by atoms with Crippen molar-refractivity contribution in [1.29, 1.82) is 0 Å². The minimum Gasteiger partial charge on any atom is -0.650 e. The van der Waals surface area contributed by atoms with Gasteiger partial charge in [-0.25, -0.2) is 9.78 Å². The number of carboxylic acids is 1. The molecule has 0 aliphatic carbocycles. The first-order chi connectivity index (χ1) is 10.3. The van der Waals surface area contributed by atoms with Crippen LogP contribution in [0.25, 0.3) is 5.32 Å². The largest absolute Gasteiger partial charge is 0.650 e. The number of nitrogens with zero attached hydrogens (tertiary/aromatic N) is 2. The van der Waals surface area contributed by atoms with Gasteiger partial charge in [0.15, 0.2) is 5.69 Å².